The molecule has 1 aliphatic heterocycles. The van der Waals surface area contributed by atoms with Crippen LogP contribution in [0.4, 0.5) is 0 Å². The molecule has 3 rings (SSSR count). The van der Waals surface area contributed by atoms with Crippen LogP contribution in [0, 0.1) is 11.3 Å². The summed E-state index contributed by atoms with van der Waals surface area (Å²) in [6.45, 7) is 3.35. The van der Waals surface area contributed by atoms with E-state index in [-0.39, 0.29) is 5.60 Å². The molecular weight excluding hydrogens is 264 g/mol. The molecule has 1 nitrogen and oxygen atoms in total. The molecule has 2 fully saturated rings. The summed E-state index contributed by atoms with van der Waals surface area (Å²) in [4.78, 5) is 0. The third-order valence-corrected chi connectivity index (χ3v) is 6.13. The van der Waals surface area contributed by atoms with Gasteiger partial charge in [-0.05, 0) is 31.6 Å². The van der Waals surface area contributed by atoms with Gasteiger partial charge < -0.3 is 4.74 Å². The molecule has 3 aliphatic rings. The number of fused-ring (bicyclic) bond motifs is 1. The quantitative estimate of drug-likeness (QED) is 0.640. The molecule has 0 N–H and O–H groups in total. The van der Waals surface area contributed by atoms with Gasteiger partial charge in [0.2, 0.25) is 0 Å². The van der Waals surface area contributed by atoms with Gasteiger partial charge in [-0.3, -0.25) is 0 Å². The van der Waals surface area contributed by atoms with Crippen molar-refractivity contribution in [3.05, 3.63) is 10.6 Å². The minimum Gasteiger partial charge on any atom is -0.369 e. The Morgan fingerprint density at radius 2 is 1.94 bits per heavy atom. The highest BCUT2D eigenvalue weighted by Crippen LogP contribution is 2.63. The maximum absolute atomic E-state index is 6.26. The largest absolute Gasteiger partial charge is 0.369 e. The van der Waals surface area contributed by atoms with E-state index in [0.717, 1.165) is 6.61 Å². The molecule has 2 atom stereocenters. The van der Waals surface area contributed by atoms with Gasteiger partial charge in [0.05, 0.1) is 0 Å². The van der Waals surface area contributed by atoms with Crippen LogP contribution < -0.4 is 0 Å². The standard InChI is InChI=1S/C14H21BrO/c1-11-10-12(15)14(8-5-9-16-14)13(11)6-3-2-4-7-13/h10-11H,2-9H2,1H3/t11-,14+/m0/s1. The van der Waals surface area contributed by atoms with Crippen LogP contribution in [0.3, 0.4) is 0 Å². The fourth-order valence-corrected chi connectivity index (χ4v) is 5.49. The van der Waals surface area contributed by atoms with E-state index in [4.69, 9.17) is 4.74 Å². The second-order valence-corrected chi connectivity index (χ2v) is 6.65. The van der Waals surface area contributed by atoms with Gasteiger partial charge in [-0.1, -0.05) is 48.2 Å². The van der Waals surface area contributed by atoms with Gasteiger partial charge >= 0.3 is 0 Å². The molecule has 1 saturated heterocycles. The third kappa shape index (κ3) is 1.26. The van der Waals surface area contributed by atoms with Crippen LogP contribution in [0.15, 0.2) is 10.6 Å². The molecule has 0 bridgehead atoms. The number of rotatable bonds is 0. The first-order chi connectivity index (χ1) is 7.71. The summed E-state index contributed by atoms with van der Waals surface area (Å²) in [5.41, 5.74) is 0.480. The lowest BCUT2D eigenvalue weighted by Gasteiger charge is -2.49. The van der Waals surface area contributed by atoms with Crippen molar-refractivity contribution in [2.24, 2.45) is 11.3 Å². The zero-order valence-electron chi connectivity index (χ0n) is 10.1. The summed E-state index contributed by atoms with van der Waals surface area (Å²) < 4.78 is 7.62. The summed E-state index contributed by atoms with van der Waals surface area (Å²) >= 11 is 3.81. The number of ether oxygens (including phenoxy) is 1. The predicted molar refractivity (Wildman–Crippen MR) is 69.6 cm³/mol. The molecule has 0 radical (unpaired) electrons. The fraction of sp³-hybridized carbons (Fsp3) is 0.857. The highest BCUT2D eigenvalue weighted by Gasteiger charge is 2.61. The Labute approximate surface area is 107 Å². The summed E-state index contributed by atoms with van der Waals surface area (Å²) in [7, 11) is 0. The third-order valence-electron chi connectivity index (χ3n) is 5.23. The molecule has 2 spiro atoms. The average Bonchev–Trinajstić information content (AvgIpc) is 2.85. The summed E-state index contributed by atoms with van der Waals surface area (Å²) in [6, 6.07) is 0. The highest BCUT2D eigenvalue weighted by atomic mass is 79.9. The first-order valence-corrected chi connectivity index (χ1v) is 7.52. The van der Waals surface area contributed by atoms with Crippen LogP contribution in [0.1, 0.15) is 51.9 Å². The van der Waals surface area contributed by atoms with Crippen LogP contribution >= 0.6 is 15.9 Å². The van der Waals surface area contributed by atoms with Crippen LogP contribution in [0.2, 0.25) is 0 Å². The summed E-state index contributed by atoms with van der Waals surface area (Å²) in [5.74, 6) is 0.681. The van der Waals surface area contributed by atoms with Crippen LogP contribution in [-0.4, -0.2) is 12.2 Å². The van der Waals surface area contributed by atoms with Crippen molar-refractivity contribution in [3.8, 4) is 0 Å². The average molecular weight is 285 g/mol. The highest BCUT2D eigenvalue weighted by molar-refractivity contribution is 9.11. The van der Waals surface area contributed by atoms with E-state index >= 15 is 0 Å². The number of hydrogen-bond donors (Lipinski definition) is 0. The van der Waals surface area contributed by atoms with Gasteiger partial charge in [0.1, 0.15) is 5.60 Å². The maximum atomic E-state index is 6.26. The molecule has 2 heteroatoms. The van der Waals surface area contributed by atoms with Crippen molar-refractivity contribution in [1.82, 2.24) is 0 Å². The molecule has 0 aromatic carbocycles. The van der Waals surface area contributed by atoms with Crippen molar-refractivity contribution < 1.29 is 4.74 Å². The molecule has 1 saturated carbocycles. The summed E-state index contributed by atoms with van der Waals surface area (Å²) in [6.07, 6.45) is 11.8. The van der Waals surface area contributed by atoms with Gasteiger partial charge in [0.25, 0.3) is 0 Å². The molecule has 2 aliphatic carbocycles. The first-order valence-electron chi connectivity index (χ1n) is 6.73. The van der Waals surface area contributed by atoms with Crippen LogP contribution in [-0.2, 0) is 4.74 Å². The van der Waals surface area contributed by atoms with Crippen LogP contribution in [0.25, 0.3) is 0 Å². The first kappa shape index (κ1) is 11.3. The normalized spacial score (nSPS) is 41.9. The lowest BCUT2D eigenvalue weighted by Crippen LogP contribution is -2.49. The topological polar surface area (TPSA) is 9.23 Å². The molecule has 16 heavy (non-hydrogen) atoms. The van der Waals surface area contributed by atoms with Crippen molar-refractivity contribution in [2.45, 2.75) is 57.5 Å². The van der Waals surface area contributed by atoms with Gasteiger partial charge in [-0.25, -0.2) is 0 Å². The van der Waals surface area contributed by atoms with Gasteiger partial charge in [0, 0.05) is 16.5 Å². The maximum Gasteiger partial charge on any atom is 0.105 e. The van der Waals surface area contributed by atoms with Gasteiger partial charge in [0.15, 0.2) is 0 Å². The molecule has 0 amide bonds. The Balaban J connectivity index is 2.01. The van der Waals surface area contributed by atoms with E-state index in [1.807, 2.05) is 0 Å². The Hall–Kier alpha value is 0.180. The zero-order chi connectivity index (χ0) is 11.2. The Bertz CT molecular complexity index is 309. The minimum atomic E-state index is 0.0623. The van der Waals surface area contributed by atoms with Crippen LogP contribution in [0.5, 0.6) is 0 Å². The molecular formula is C14H21BrO. The van der Waals surface area contributed by atoms with E-state index in [0.29, 0.717) is 11.3 Å². The van der Waals surface area contributed by atoms with E-state index < -0.39 is 0 Å². The van der Waals surface area contributed by atoms with Gasteiger partial charge in [-0.2, -0.15) is 0 Å². The fourth-order valence-electron chi connectivity index (χ4n) is 4.38. The zero-order valence-corrected chi connectivity index (χ0v) is 11.7. The smallest absolute Gasteiger partial charge is 0.105 e. The van der Waals surface area contributed by atoms with Gasteiger partial charge in [-0.15, -0.1) is 0 Å². The Kier molecular flexibility index (Phi) is 2.71. The monoisotopic (exact) mass is 284 g/mol. The lowest BCUT2D eigenvalue weighted by molar-refractivity contribution is -0.0919. The predicted octanol–water partition coefficient (Wildman–Crippen LogP) is 4.41. The van der Waals surface area contributed by atoms with E-state index in [1.165, 1.54) is 49.4 Å². The Morgan fingerprint density at radius 3 is 2.56 bits per heavy atom. The van der Waals surface area contributed by atoms with Crippen molar-refractivity contribution in [3.63, 3.8) is 0 Å². The molecule has 90 valence electrons. The second-order valence-electron chi connectivity index (χ2n) is 5.80. The molecule has 0 unspecified atom stereocenters. The lowest BCUT2D eigenvalue weighted by atomic mass is 9.60. The molecule has 1 heterocycles. The van der Waals surface area contributed by atoms with E-state index in [9.17, 15) is 0 Å². The minimum absolute atomic E-state index is 0.0623. The SMILES string of the molecule is C[C@H]1C=C(Br)[C@]2(CCCO2)C12CCCCC2. The Morgan fingerprint density at radius 1 is 1.19 bits per heavy atom. The number of halogens is 1. The number of hydrogen-bond acceptors (Lipinski definition) is 1. The number of allylic oxidation sites excluding steroid dienone is 1. The van der Waals surface area contributed by atoms with Crippen molar-refractivity contribution in [1.29, 1.82) is 0 Å². The van der Waals surface area contributed by atoms with E-state index in [1.54, 1.807) is 0 Å². The van der Waals surface area contributed by atoms with Crippen molar-refractivity contribution >= 4 is 15.9 Å². The molecule has 0 aromatic heterocycles. The summed E-state index contributed by atoms with van der Waals surface area (Å²) in [5, 5.41) is 0. The second kappa shape index (κ2) is 3.84. The van der Waals surface area contributed by atoms with Crippen molar-refractivity contribution in [2.75, 3.05) is 6.61 Å². The molecule has 0 aromatic rings. The van der Waals surface area contributed by atoms with E-state index in [2.05, 4.69) is 28.9 Å².